The molecule has 2 heterocycles. The second-order valence-corrected chi connectivity index (χ2v) is 12.7. The third kappa shape index (κ3) is 7.90. The lowest BCUT2D eigenvalue weighted by atomic mass is 9.78. The van der Waals surface area contributed by atoms with E-state index in [2.05, 4.69) is 5.32 Å². The number of hydrogen-bond donors (Lipinski definition) is 6. The predicted molar refractivity (Wildman–Crippen MR) is 146 cm³/mol. The van der Waals surface area contributed by atoms with Crippen molar-refractivity contribution in [1.82, 2.24) is 10.2 Å². The Bertz CT molecular complexity index is 795. The summed E-state index contributed by atoms with van der Waals surface area (Å²) in [6.07, 6.45) is -5.97. The third-order valence-corrected chi connectivity index (χ3v) is 8.69. The highest BCUT2D eigenvalue weighted by atomic mass is 16.7. The van der Waals surface area contributed by atoms with Gasteiger partial charge in [0.15, 0.2) is 6.29 Å². The van der Waals surface area contributed by atoms with Gasteiger partial charge in [-0.3, -0.25) is 4.79 Å². The van der Waals surface area contributed by atoms with E-state index in [1.807, 2.05) is 32.8 Å². The molecule has 230 valence electrons. The highest BCUT2D eigenvalue weighted by molar-refractivity contribution is 5.73. The van der Waals surface area contributed by atoms with Crippen molar-refractivity contribution in [2.45, 2.75) is 147 Å². The minimum atomic E-state index is -1.76. The number of cyclic esters (lactones) is 1. The van der Waals surface area contributed by atoms with Gasteiger partial charge in [-0.25, -0.2) is 0 Å². The van der Waals surface area contributed by atoms with Crippen LogP contribution in [0.25, 0.3) is 0 Å². The highest BCUT2D eigenvalue weighted by Crippen LogP contribution is 2.35. The van der Waals surface area contributed by atoms with Gasteiger partial charge in [0, 0.05) is 24.0 Å². The van der Waals surface area contributed by atoms with Gasteiger partial charge >= 0.3 is 5.97 Å². The van der Waals surface area contributed by atoms with Crippen molar-refractivity contribution in [3.8, 4) is 0 Å². The van der Waals surface area contributed by atoms with Gasteiger partial charge in [0.1, 0.15) is 23.9 Å². The second-order valence-electron chi connectivity index (χ2n) is 12.7. The molecule has 11 nitrogen and oxygen atoms in total. The first-order valence-electron chi connectivity index (χ1n) is 14.3. The van der Waals surface area contributed by atoms with E-state index in [0.29, 0.717) is 6.42 Å². The molecule has 0 amide bonds. The van der Waals surface area contributed by atoms with E-state index in [4.69, 9.17) is 14.2 Å². The number of aliphatic hydroxyl groups is 5. The van der Waals surface area contributed by atoms with Crippen LogP contribution in [0, 0.1) is 11.8 Å². The van der Waals surface area contributed by atoms with E-state index in [0.717, 1.165) is 0 Å². The normalized spacial score (nSPS) is 49.4. The van der Waals surface area contributed by atoms with E-state index in [-0.39, 0.29) is 31.0 Å². The smallest absolute Gasteiger partial charge is 0.311 e. The Morgan fingerprint density at radius 1 is 1.05 bits per heavy atom. The predicted octanol–water partition coefficient (Wildman–Crippen LogP) is 0.386. The Labute approximate surface area is 233 Å². The molecular formula is C28H54N2O9. The van der Waals surface area contributed by atoms with E-state index >= 15 is 0 Å². The first-order valence-corrected chi connectivity index (χ1v) is 14.3. The molecule has 2 rings (SSSR count). The van der Waals surface area contributed by atoms with Gasteiger partial charge in [-0.1, -0.05) is 13.8 Å². The van der Waals surface area contributed by atoms with Crippen LogP contribution >= 0.6 is 0 Å². The summed E-state index contributed by atoms with van der Waals surface area (Å²) in [5, 5.41) is 59.6. The Morgan fingerprint density at radius 2 is 1.64 bits per heavy atom. The lowest BCUT2D eigenvalue weighted by Crippen LogP contribution is -2.62. The molecule has 14 atom stereocenters. The molecule has 2 aliphatic heterocycles. The van der Waals surface area contributed by atoms with Crippen molar-refractivity contribution in [3.63, 3.8) is 0 Å². The van der Waals surface area contributed by atoms with E-state index in [9.17, 15) is 30.3 Å². The first-order chi connectivity index (χ1) is 17.8. The number of rotatable bonds is 4. The number of esters is 1. The molecule has 10 unspecified atom stereocenters. The highest BCUT2D eigenvalue weighted by Gasteiger charge is 2.49. The van der Waals surface area contributed by atoms with Gasteiger partial charge in [-0.05, 0) is 74.9 Å². The Morgan fingerprint density at radius 3 is 2.18 bits per heavy atom. The molecule has 0 aromatic heterocycles. The van der Waals surface area contributed by atoms with Crippen LogP contribution in [-0.2, 0) is 19.0 Å². The summed E-state index contributed by atoms with van der Waals surface area (Å²) in [4.78, 5) is 15.0. The topological polar surface area (TPSA) is 161 Å². The quantitative estimate of drug-likeness (QED) is 0.263. The van der Waals surface area contributed by atoms with Crippen LogP contribution in [0.1, 0.15) is 74.7 Å². The molecule has 0 radical (unpaired) electrons. The van der Waals surface area contributed by atoms with Crippen LogP contribution in [0.4, 0.5) is 0 Å². The van der Waals surface area contributed by atoms with E-state index in [1.54, 1.807) is 27.7 Å². The maximum Gasteiger partial charge on any atom is 0.311 e. The van der Waals surface area contributed by atoms with Crippen molar-refractivity contribution < 1.29 is 44.5 Å². The van der Waals surface area contributed by atoms with Crippen molar-refractivity contribution >= 4 is 5.97 Å². The van der Waals surface area contributed by atoms with Crippen molar-refractivity contribution in [2.24, 2.45) is 11.8 Å². The number of hydrogen-bond acceptors (Lipinski definition) is 11. The van der Waals surface area contributed by atoms with Crippen molar-refractivity contribution in [2.75, 3.05) is 14.1 Å². The molecule has 0 bridgehead atoms. The summed E-state index contributed by atoms with van der Waals surface area (Å²) in [6.45, 7) is 13.4. The van der Waals surface area contributed by atoms with Crippen LogP contribution in [0.2, 0.25) is 0 Å². The number of nitrogens with one attached hydrogen (secondary N) is 1. The number of nitrogens with zero attached hydrogens (tertiary/aromatic N) is 1. The molecule has 0 aliphatic carbocycles. The molecule has 6 N–H and O–H groups in total. The minimum absolute atomic E-state index is 0.138. The number of ether oxygens (including phenoxy) is 3. The number of likely N-dealkylation sites (N-methyl/N-ethyl adjacent to an activating group) is 1. The maximum absolute atomic E-state index is 13.1. The minimum Gasteiger partial charge on any atom is -0.459 e. The lowest BCUT2D eigenvalue weighted by molar-refractivity contribution is -0.299. The van der Waals surface area contributed by atoms with E-state index < -0.39 is 71.9 Å². The van der Waals surface area contributed by atoms with Gasteiger partial charge in [-0.15, -0.1) is 0 Å². The largest absolute Gasteiger partial charge is 0.459 e. The van der Waals surface area contributed by atoms with Gasteiger partial charge in [0.05, 0.1) is 29.8 Å². The number of carbonyl (C=O) groups excluding carboxylic acids is 1. The molecule has 0 aromatic rings. The number of aliphatic hydroxyl groups excluding tert-OH is 3. The van der Waals surface area contributed by atoms with Crippen LogP contribution in [-0.4, -0.2) is 123 Å². The molecule has 2 saturated heterocycles. The van der Waals surface area contributed by atoms with Crippen LogP contribution < -0.4 is 5.32 Å². The van der Waals surface area contributed by atoms with Crippen LogP contribution in [0.5, 0.6) is 0 Å². The second kappa shape index (κ2) is 13.4. The molecule has 0 aromatic carbocycles. The molecule has 0 spiro atoms. The summed E-state index contributed by atoms with van der Waals surface area (Å²) in [7, 11) is 3.73. The zero-order valence-electron chi connectivity index (χ0n) is 25.4. The summed E-state index contributed by atoms with van der Waals surface area (Å²) >= 11 is 0. The van der Waals surface area contributed by atoms with Gasteiger partial charge < -0.3 is 50.0 Å². The zero-order chi connectivity index (χ0) is 30.0. The van der Waals surface area contributed by atoms with Gasteiger partial charge in [0.25, 0.3) is 0 Å². The fourth-order valence-electron chi connectivity index (χ4n) is 6.30. The summed E-state index contributed by atoms with van der Waals surface area (Å²) in [6, 6.07) is -1.21. The first kappa shape index (κ1) is 34.3. The summed E-state index contributed by atoms with van der Waals surface area (Å²) < 4.78 is 17.9. The summed E-state index contributed by atoms with van der Waals surface area (Å²) in [5.74, 6) is -2.56. The fraction of sp³-hybridized carbons (Fsp3) is 0.964. The van der Waals surface area contributed by atoms with Crippen LogP contribution in [0.3, 0.4) is 0 Å². The molecular weight excluding hydrogens is 508 g/mol. The van der Waals surface area contributed by atoms with Crippen molar-refractivity contribution in [1.29, 1.82) is 0 Å². The average Bonchev–Trinajstić information content (AvgIpc) is 2.83. The third-order valence-electron chi connectivity index (χ3n) is 8.69. The lowest BCUT2D eigenvalue weighted by Gasteiger charge is -2.47. The van der Waals surface area contributed by atoms with Gasteiger partial charge in [-0.2, -0.15) is 0 Å². The number of carbonyl (C=O) groups is 1. The molecule has 11 heteroatoms. The summed E-state index contributed by atoms with van der Waals surface area (Å²) in [5.41, 5.74) is -3.32. The average molecular weight is 563 g/mol. The van der Waals surface area contributed by atoms with Crippen LogP contribution in [0.15, 0.2) is 0 Å². The fourth-order valence-corrected chi connectivity index (χ4v) is 6.30. The Balaban J connectivity index is 2.49. The molecule has 2 aliphatic rings. The van der Waals surface area contributed by atoms with Gasteiger partial charge in [0.2, 0.25) is 0 Å². The van der Waals surface area contributed by atoms with E-state index in [1.165, 1.54) is 13.8 Å². The monoisotopic (exact) mass is 562 g/mol. The molecule has 39 heavy (non-hydrogen) atoms. The Kier molecular flexibility index (Phi) is 11.8. The standard InChI is InChI=1S/C28H54N2O9/c1-11-20-28(8,36)23(33)18(6)29-14(2)13-27(7,35)24(16(4)21(31)17(5)25(34)38-20)39-26-22(32)19(30(9)10)12-15(3)37-26/h14-24,26,29,31-33,35-36H,11-13H2,1-10H3/t14?,15?,16?,17-,18-,19?,20?,21?,22?,23?,24?,26+,27?,28+/m1/s1. The van der Waals surface area contributed by atoms with Crippen molar-refractivity contribution in [3.05, 3.63) is 0 Å². The SMILES string of the molecule is CCC1OC(=O)[C@H](C)C(O)C(C)C(O[C@@H]2OC(C)CC(N(C)C)C2O)C(C)(O)CC(C)N[C@H](C)C(O)[C@@]1(C)O. The maximum atomic E-state index is 13.1. The molecule has 2 fully saturated rings. The molecule has 0 saturated carbocycles. The zero-order valence-corrected chi connectivity index (χ0v) is 25.4. The Hall–Kier alpha value is -0.890.